The van der Waals surface area contributed by atoms with Gasteiger partial charge in [0.15, 0.2) is 0 Å². The Labute approximate surface area is 212 Å². The van der Waals surface area contributed by atoms with Crippen LogP contribution in [0.3, 0.4) is 0 Å². The number of nitrogens with one attached hydrogen (secondary N) is 5. The van der Waals surface area contributed by atoms with E-state index in [1.54, 1.807) is 42.5 Å². The fraction of sp³-hybridized carbons (Fsp3) is 0.346. The molecule has 0 fully saturated rings. The summed E-state index contributed by atoms with van der Waals surface area (Å²) < 4.78 is 0. The van der Waals surface area contributed by atoms with E-state index in [4.69, 9.17) is 0 Å². The average Bonchev–Trinajstić information content (AvgIpc) is 2.82. The third-order valence-electron chi connectivity index (χ3n) is 5.30. The molecule has 10 nitrogen and oxygen atoms in total. The van der Waals surface area contributed by atoms with Crippen molar-refractivity contribution in [2.24, 2.45) is 0 Å². The number of aromatic amines is 1. The van der Waals surface area contributed by atoms with Crippen LogP contribution in [0.5, 0.6) is 0 Å². The van der Waals surface area contributed by atoms with Gasteiger partial charge in [0.1, 0.15) is 11.5 Å². The first-order valence-corrected chi connectivity index (χ1v) is 11.7. The summed E-state index contributed by atoms with van der Waals surface area (Å²) in [5, 5.41) is 12.1. The van der Waals surface area contributed by atoms with Crippen molar-refractivity contribution in [2.75, 3.05) is 49.0 Å². The van der Waals surface area contributed by atoms with E-state index >= 15 is 0 Å². The van der Waals surface area contributed by atoms with Gasteiger partial charge in [-0.2, -0.15) is 0 Å². The van der Waals surface area contributed by atoms with Crippen molar-refractivity contribution in [3.05, 3.63) is 65.6 Å². The number of rotatable bonds is 9. The van der Waals surface area contributed by atoms with Gasteiger partial charge in [-0.05, 0) is 49.3 Å². The van der Waals surface area contributed by atoms with Gasteiger partial charge in [0.05, 0.1) is 31.9 Å². The lowest BCUT2D eigenvalue weighted by Crippen LogP contribution is -2.28. The highest BCUT2D eigenvalue weighted by Gasteiger charge is 2.21. The van der Waals surface area contributed by atoms with Crippen molar-refractivity contribution in [1.29, 1.82) is 0 Å². The molecule has 10 heteroatoms. The lowest BCUT2D eigenvalue weighted by atomic mass is 9.85. The standard InChI is InChI=1S/C26H34N8O2/c1-26(2,3)20-10-9-17(14-21(20)33-22(35)16-34(5)6)31-24(36)19-8-7-12-28-23(19)30-15-18-11-13-29-25(27-4)32-18/h7-14H,15-16H2,1-6H3,(H,28,30)(H,31,36)(H,33,35)(H,27,29,32)/p+1. The molecule has 2 aromatic heterocycles. The molecule has 190 valence electrons. The highest BCUT2D eigenvalue weighted by molar-refractivity contribution is 6.07. The third-order valence-corrected chi connectivity index (χ3v) is 5.30. The molecule has 0 radical (unpaired) electrons. The molecule has 0 aliphatic heterocycles. The summed E-state index contributed by atoms with van der Waals surface area (Å²) >= 11 is 0. The number of likely N-dealkylation sites (N-methyl/N-ethyl adjacent to an activating group) is 1. The van der Waals surface area contributed by atoms with Crippen LogP contribution in [0.25, 0.3) is 0 Å². The molecule has 0 bridgehead atoms. The van der Waals surface area contributed by atoms with Crippen LogP contribution in [-0.4, -0.2) is 54.4 Å². The largest absolute Gasteiger partial charge is 0.389 e. The maximum Gasteiger partial charge on any atom is 0.389 e. The summed E-state index contributed by atoms with van der Waals surface area (Å²) in [6, 6.07) is 10.8. The molecular formula is C26H35N8O2+. The Morgan fingerprint density at radius 2 is 1.86 bits per heavy atom. The van der Waals surface area contributed by atoms with E-state index in [2.05, 4.69) is 57.0 Å². The number of hydrogen-bond acceptors (Lipinski definition) is 7. The zero-order valence-corrected chi connectivity index (χ0v) is 21.7. The van der Waals surface area contributed by atoms with Crippen LogP contribution >= 0.6 is 0 Å². The zero-order valence-electron chi connectivity index (χ0n) is 21.7. The van der Waals surface area contributed by atoms with E-state index in [-0.39, 0.29) is 23.8 Å². The molecule has 0 atom stereocenters. The number of pyridine rings is 1. The molecule has 3 rings (SSSR count). The number of carbonyl (C=O) groups excluding carboxylic acids is 2. The predicted octanol–water partition coefficient (Wildman–Crippen LogP) is 2.99. The zero-order chi connectivity index (χ0) is 26.3. The highest BCUT2D eigenvalue weighted by Crippen LogP contribution is 2.32. The second-order valence-electron chi connectivity index (χ2n) is 9.68. The minimum Gasteiger partial charge on any atom is -0.362 e. The van der Waals surface area contributed by atoms with Crippen LogP contribution in [0.2, 0.25) is 0 Å². The fourth-order valence-corrected chi connectivity index (χ4v) is 3.61. The van der Waals surface area contributed by atoms with Crippen molar-refractivity contribution in [3.63, 3.8) is 0 Å². The summed E-state index contributed by atoms with van der Waals surface area (Å²) in [7, 11) is 5.46. The first kappa shape index (κ1) is 26.6. The molecule has 3 aromatic rings. The summed E-state index contributed by atoms with van der Waals surface area (Å²) in [6.45, 7) is 6.89. The maximum atomic E-state index is 13.2. The minimum atomic E-state index is -0.315. The van der Waals surface area contributed by atoms with Gasteiger partial charge in [0.2, 0.25) is 5.91 Å². The first-order valence-electron chi connectivity index (χ1n) is 11.7. The number of anilines is 4. The smallest absolute Gasteiger partial charge is 0.362 e. The number of H-pyrrole nitrogens is 1. The minimum absolute atomic E-state index is 0.124. The third kappa shape index (κ3) is 7.22. The molecule has 0 aliphatic carbocycles. The van der Waals surface area contributed by atoms with Crippen LogP contribution in [0, 0.1) is 0 Å². The van der Waals surface area contributed by atoms with Crippen molar-refractivity contribution >= 4 is 35.0 Å². The van der Waals surface area contributed by atoms with Crippen LogP contribution in [0.4, 0.5) is 23.1 Å². The van der Waals surface area contributed by atoms with Crippen LogP contribution in [0.15, 0.2) is 48.8 Å². The Kier molecular flexibility index (Phi) is 8.55. The van der Waals surface area contributed by atoms with E-state index in [0.29, 0.717) is 35.2 Å². The molecule has 2 amide bonds. The topological polar surface area (TPSA) is 125 Å². The van der Waals surface area contributed by atoms with E-state index in [1.165, 1.54) is 0 Å². The van der Waals surface area contributed by atoms with Gasteiger partial charge in [-0.1, -0.05) is 31.8 Å². The molecule has 1 aromatic carbocycles. The van der Waals surface area contributed by atoms with Gasteiger partial charge < -0.3 is 20.9 Å². The number of benzene rings is 1. The van der Waals surface area contributed by atoms with Crippen molar-refractivity contribution in [1.82, 2.24) is 14.9 Å². The van der Waals surface area contributed by atoms with Gasteiger partial charge in [-0.25, -0.2) is 9.97 Å². The summed E-state index contributed by atoms with van der Waals surface area (Å²) in [6.07, 6.45) is 3.42. The lowest BCUT2D eigenvalue weighted by molar-refractivity contribution is -0.365. The molecule has 0 aliphatic rings. The first-order chi connectivity index (χ1) is 17.1. The van der Waals surface area contributed by atoms with Gasteiger partial charge in [-0.3, -0.25) is 14.9 Å². The maximum absolute atomic E-state index is 13.2. The molecular weight excluding hydrogens is 456 g/mol. The second kappa shape index (κ2) is 11.6. The summed E-state index contributed by atoms with van der Waals surface area (Å²) in [5.41, 5.74) is 3.20. The van der Waals surface area contributed by atoms with E-state index < -0.39 is 0 Å². The van der Waals surface area contributed by atoms with Gasteiger partial charge in [0, 0.05) is 23.6 Å². The Morgan fingerprint density at radius 3 is 2.56 bits per heavy atom. The van der Waals surface area contributed by atoms with Crippen LogP contribution in [-0.2, 0) is 16.8 Å². The SMILES string of the molecule is CNc1nc(CNc2ncccc2C(=O)Nc2ccc(C(C)(C)C)c(NC(=O)CN(C)C)c2)cc[nH+]1. The normalized spacial score (nSPS) is 11.2. The van der Waals surface area contributed by atoms with Gasteiger partial charge in [-0.15, -0.1) is 0 Å². The average molecular weight is 492 g/mol. The van der Waals surface area contributed by atoms with Gasteiger partial charge >= 0.3 is 5.95 Å². The molecule has 36 heavy (non-hydrogen) atoms. The molecule has 0 unspecified atom stereocenters. The monoisotopic (exact) mass is 491 g/mol. The van der Waals surface area contributed by atoms with E-state index in [0.717, 1.165) is 11.3 Å². The fourth-order valence-electron chi connectivity index (χ4n) is 3.61. The number of aromatic nitrogens is 3. The molecule has 2 heterocycles. The summed E-state index contributed by atoms with van der Waals surface area (Å²) in [5.74, 6) is 0.646. The van der Waals surface area contributed by atoms with Crippen molar-refractivity contribution in [2.45, 2.75) is 32.7 Å². The van der Waals surface area contributed by atoms with Crippen LogP contribution in [0.1, 0.15) is 42.4 Å². The number of amides is 2. The Bertz CT molecular complexity index is 1220. The predicted molar refractivity (Wildman–Crippen MR) is 142 cm³/mol. The Morgan fingerprint density at radius 1 is 1.08 bits per heavy atom. The van der Waals surface area contributed by atoms with Gasteiger partial charge in [0.25, 0.3) is 5.91 Å². The molecule has 0 spiro atoms. The molecule has 0 saturated heterocycles. The van der Waals surface area contributed by atoms with Crippen LogP contribution < -0.4 is 26.3 Å². The highest BCUT2D eigenvalue weighted by atomic mass is 16.2. The lowest BCUT2D eigenvalue weighted by Gasteiger charge is -2.24. The molecule has 0 saturated carbocycles. The summed E-state index contributed by atoms with van der Waals surface area (Å²) in [4.78, 5) is 39.2. The Hall–Kier alpha value is -4.05. The van der Waals surface area contributed by atoms with E-state index in [9.17, 15) is 9.59 Å². The quantitative estimate of drug-likeness (QED) is 0.363. The van der Waals surface area contributed by atoms with E-state index in [1.807, 2.05) is 32.3 Å². The number of nitrogens with zero attached hydrogens (tertiary/aromatic N) is 3. The second-order valence-corrected chi connectivity index (χ2v) is 9.68. The van der Waals surface area contributed by atoms with Crippen molar-refractivity contribution in [3.8, 4) is 0 Å². The molecule has 5 N–H and O–H groups in total. The number of hydrogen-bond donors (Lipinski definition) is 4. The van der Waals surface area contributed by atoms with Crippen molar-refractivity contribution < 1.29 is 14.6 Å². The number of carbonyl (C=O) groups is 2. The Balaban J connectivity index is 1.80.